The highest BCUT2D eigenvalue weighted by molar-refractivity contribution is 7.99. The molecule has 3 aromatic rings. The number of ether oxygens (including phenoxy) is 1. The van der Waals surface area contributed by atoms with Crippen LogP contribution in [-0.2, 0) is 11.3 Å². The van der Waals surface area contributed by atoms with Crippen LogP contribution in [0.15, 0.2) is 65.8 Å². The largest absolute Gasteiger partial charge is 0.373 e. The first kappa shape index (κ1) is 19.6. The van der Waals surface area contributed by atoms with Crippen LogP contribution in [0.1, 0.15) is 32.3 Å². The highest BCUT2D eigenvalue weighted by atomic mass is 32.2. The van der Waals surface area contributed by atoms with E-state index in [4.69, 9.17) is 4.74 Å². The molecule has 0 bridgehead atoms. The van der Waals surface area contributed by atoms with E-state index in [-0.39, 0.29) is 6.10 Å². The molecule has 0 fully saturated rings. The lowest BCUT2D eigenvalue weighted by atomic mass is 10.00. The number of nitrogens with zero attached hydrogens (tertiary/aromatic N) is 4. The molecule has 1 heterocycles. The third kappa shape index (κ3) is 5.65. The number of rotatable bonds is 10. The van der Waals surface area contributed by atoms with Crippen LogP contribution in [0.25, 0.3) is 5.69 Å². The van der Waals surface area contributed by atoms with Crippen molar-refractivity contribution >= 4 is 11.8 Å². The van der Waals surface area contributed by atoms with E-state index in [2.05, 4.69) is 53.6 Å². The summed E-state index contributed by atoms with van der Waals surface area (Å²) in [6, 6.07) is 20.3. The number of hydrogen-bond acceptors (Lipinski definition) is 5. The van der Waals surface area contributed by atoms with Gasteiger partial charge in [-0.25, -0.2) is 0 Å². The number of hydrogen-bond donors (Lipinski definition) is 0. The van der Waals surface area contributed by atoms with Gasteiger partial charge in [-0.3, -0.25) is 0 Å². The minimum absolute atomic E-state index is 0.226. The number of benzene rings is 2. The molecule has 2 atom stereocenters. The van der Waals surface area contributed by atoms with Gasteiger partial charge < -0.3 is 4.74 Å². The molecule has 0 N–H and O–H groups in total. The molecule has 5 nitrogen and oxygen atoms in total. The van der Waals surface area contributed by atoms with Gasteiger partial charge in [0.15, 0.2) is 0 Å². The Morgan fingerprint density at radius 2 is 1.74 bits per heavy atom. The highest BCUT2D eigenvalue weighted by Crippen LogP contribution is 2.23. The molecule has 0 aliphatic rings. The Morgan fingerprint density at radius 3 is 2.44 bits per heavy atom. The molecule has 0 amide bonds. The molecule has 0 spiro atoms. The zero-order chi connectivity index (χ0) is 18.9. The summed E-state index contributed by atoms with van der Waals surface area (Å²) in [4.78, 5) is 0. The van der Waals surface area contributed by atoms with Crippen molar-refractivity contribution in [3.8, 4) is 5.69 Å². The second kappa shape index (κ2) is 10.2. The predicted molar refractivity (Wildman–Crippen MR) is 109 cm³/mol. The van der Waals surface area contributed by atoms with Crippen LogP contribution < -0.4 is 0 Å². The third-order valence-electron chi connectivity index (χ3n) is 4.66. The van der Waals surface area contributed by atoms with E-state index in [0.29, 0.717) is 12.5 Å². The molecule has 1 aromatic heterocycles. The Hall–Kier alpha value is -2.18. The van der Waals surface area contributed by atoms with Crippen LogP contribution in [0, 0.1) is 5.92 Å². The predicted octanol–water partition coefficient (Wildman–Crippen LogP) is 4.78. The minimum Gasteiger partial charge on any atom is -0.373 e. The Bertz CT molecular complexity index is 794. The lowest BCUT2D eigenvalue weighted by Crippen LogP contribution is -2.22. The van der Waals surface area contributed by atoms with Gasteiger partial charge in [-0.15, -0.1) is 5.10 Å². The van der Waals surface area contributed by atoms with Crippen molar-refractivity contribution in [1.29, 1.82) is 0 Å². The summed E-state index contributed by atoms with van der Waals surface area (Å²) in [6.07, 6.45) is 2.30. The Labute approximate surface area is 165 Å². The maximum absolute atomic E-state index is 6.24. The maximum Gasteiger partial charge on any atom is 0.214 e. The first-order valence-corrected chi connectivity index (χ1v) is 10.4. The minimum atomic E-state index is 0.226. The van der Waals surface area contributed by atoms with Crippen molar-refractivity contribution in [3.63, 3.8) is 0 Å². The van der Waals surface area contributed by atoms with E-state index in [1.807, 2.05) is 36.4 Å². The monoisotopic (exact) mass is 382 g/mol. The van der Waals surface area contributed by atoms with Crippen LogP contribution in [0.2, 0.25) is 0 Å². The fraction of sp³-hybridized carbons (Fsp3) is 0.381. The standard InChI is InChI=1S/C21H26N4OS/c1-3-17(2)20(26-16-18-10-6-4-7-11-18)14-15-27-21-22-23-24-25(21)19-12-8-5-9-13-19/h4-13,17,20H,3,14-16H2,1-2H3/t17-,20-/m0/s1. The molecule has 142 valence electrons. The summed E-state index contributed by atoms with van der Waals surface area (Å²) in [7, 11) is 0. The lowest BCUT2D eigenvalue weighted by molar-refractivity contribution is 0.00323. The van der Waals surface area contributed by atoms with Crippen molar-refractivity contribution in [3.05, 3.63) is 66.2 Å². The SMILES string of the molecule is CC[C@H](C)[C@H](CCSc1nnnn1-c1ccccc1)OCc1ccccc1. The van der Waals surface area contributed by atoms with E-state index >= 15 is 0 Å². The van der Waals surface area contributed by atoms with Crippen molar-refractivity contribution in [1.82, 2.24) is 20.2 Å². The van der Waals surface area contributed by atoms with Gasteiger partial charge in [-0.2, -0.15) is 4.68 Å². The van der Waals surface area contributed by atoms with Gasteiger partial charge in [0.1, 0.15) is 0 Å². The van der Waals surface area contributed by atoms with Crippen molar-refractivity contribution < 1.29 is 4.74 Å². The molecular formula is C21H26N4OS. The molecule has 3 rings (SSSR count). The van der Waals surface area contributed by atoms with Crippen molar-refractivity contribution in [2.45, 2.75) is 44.6 Å². The summed E-state index contributed by atoms with van der Waals surface area (Å²) in [5.74, 6) is 1.43. The van der Waals surface area contributed by atoms with E-state index in [9.17, 15) is 0 Å². The molecule has 0 aliphatic heterocycles. The van der Waals surface area contributed by atoms with E-state index in [1.54, 1.807) is 16.4 Å². The van der Waals surface area contributed by atoms with Crippen molar-refractivity contribution in [2.24, 2.45) is 5.92 Å². The molecule has 27 heavy (non-hydrogen) atoms. The number of para-hydroxylation sites is 1. The molecule has 6 heteroatoms. The van der Waals surface area contributed by atoms with Gasteiger partial charge >= 0.3 is 0 Å². The number of thioether (sulfide) groups is 1. The smallest absolute Gasteiger partial charge is 0.214 e. The Morgan fingerprint density at radius 1 is 1.04 bits per heavy atom. The highest BCUT2D eigenvalue weighted by Gasteiger charge is 2.18. The zero-order valence-electron chi connectivity index (χ0n) is 15.9. The normalized spacial score (nSPS) is 13.4. The molecule has 0 radical (unpaired) electrons. The van der Waals surface area contributed by atoms with Gasteiger partial charge in [-0.05, 0) is 40.5 Å². The zero-order valence-corrected chi connectivity index (χ0v) is 16.7. The molecule has 0 unspecified atom stereocenters. The molecule has 0 saturated heterocycles. The summed E-state index contributed by atoms with van der Waals surface area (Å²) < 4.78 is 8.03. The maximum atomic E-state index is 6.24. The Balaban J connectivity index is 1.56. The lowest BCUT2D eigenvalue weighted by Gasteiger charge is -2.23. The van der Waals surface area contributed by atoms with Crippen LogP contribution in [0.4, 0.5) is 0 Å². The molecule has 0 aliphatic carbocycles. The number of tetrazole rings is 1. The topological polar surface area (TPSA) is 52.8 Å². The van der Waals surface area contributed by atoms with Gasteiger partial charge in [-0.1, -0.05) is 80.6 Å². The van der Waals surface area contributed by atoms with Crippen LogP contribution >= 0.6 is 11.8 Å². The van der Waals surface area contributed by atoms with Gasteiger partial charge in [0.05, 0.1) is 18.4 Å². The quantitative estimate of drug-likeness (QED) is 0.473. The van der Waals surface area contributed by atoms with Crippen LogP contribution in [0.5, 0.6) is 0 Å². The molecular weight excluding hydrogens is 356 g/mol. The first-order chi connectivity index (χ1) is 13.3. The van der Waals surface area contributed by atoms with E-state index in [1.165, 1.54) is 5.56 Å². The summed E-state index contributed by atoms with van der Waals surface area (Å²) in [5.41, 5.74) is 2.19. The average molecular weight is 383 g/mol. The van der Waals surface area contributed by atoms with Gasteiger partial charge in [0.25, 0.3) is 0 Å². The molecule has 2 aromatic carbocycles. The van der Waals surface area contributed by atoms with Crippen LogP contribution in [-0.4, -0.2) is 32.1 Å². The Kier molecular flexibility index (Phi) is 7.42. The third-order valence-corrected chi connectivity index (χ3v) is 5.61. The average Bonchev–Trinajstić information content (AvgIpc) is 3.20. The fourth-order valence-corrected chi connectivity index (χ4v) is 3.73. The molecule has 0 saturated carbocycles. The second-order valence-electron chi connectivity index (χ2n) is 6.57. The van der Waals surface area contributed by atoms with Crippen molar-refractivity contribution in [2.75, 3.05) is 5.75 Å². The number of aromatic nitrogens is 4. The first-order valence-electron chi connectivity index (χ1n) is 9.40. The summed E-state index contributed by atoms with van der Waals surface area (Å²) in [5, 5.41) is 12.9. The van der Waals surface area contributed by atoms with E-state index in [0.717, 1.165) is 29.4 Å². The fourth-order valence-electron chi connectivity index (χ4n) is 2.84. The second-order valence-corrected chi connectivity index (χ2v) is 7.63. The summed E-state index contributed by atoms with van der Waals surface area (Å²) in [6.45, 7) is 5.13. The summed E-state index contributed by atoms with van der Waals surface area (Å²) >= 11 is 1.67. The van der Waals surface area contributed by atoms with E-state index < -0.39 is 0 Å². The van der Waals surface area contributed by atoms with Crippen LogP contribution in [0.3, 0.4) is 0 Å². The van der Waals surface area contributed by atoms with Gasteiger partial charge in [0.2, 0.25) is 5.16 Å². The van der Waals surface area contributed by atoms with Gasteiger partial charge in [0, 0.05) is 5.75 Å².